The summed E-state index contributed by atoms with van der Waals surface area (Å²) in [5, 5.41) is 9.34. The van der Waals surface area contributed by atoms with E-state index in [1.807, 2.05) is 0 Å². The fourth-order valence-electron chi connectivity index (χ4n) is 6.65. The van der Waals surface area contributed by atoms with E-state index in [-0.39, 0.29) is 12.0 Å². The lowest BCUT2D eigenvalue weighted by molar-refractivity contribution is -0.146. The molecule has 0 spiro atoms. The second-order valence-electron chi connectivity index (χ2n) is 8.75. The highest BCUT2D eigenvalue weighted by molar-refractivity contribution is 5.83. The van der Waals surface area contributed by atoms with Crippen LogP contribution in [-0.4, -0.2) is 47.7 Å². The lowest BCUT2D eigenvalue weighted by Gasteiger charge is -2.36. The Bertz CT molecular complexity index is 540. The first kappa shape index (κ1) is 15.2. The fourth-order valence-corrected chi connectivity index (χ4v) is 6.65. The summed E-state index contributed by atoms with van der Waals surface area (Å²) in [5.41, 5.74) is 0. The molecule has 5 heteroatoms. The monoisotopic (exact) mass is 333 g/mol. The van der Waals surface area contributed by atoms with Crippen molar-refractivity contribution < 1.29 is 19.4 Å². The minimum absolute atomic E-state index is 0.143. The average molecular weight is 333 g/mol. The molecular weight excluding hydrogens is 306 g/mol. The number of hydrogen-bond donors (Lipinski definition) is 1. The van der Waals surface area contributed by atoms with Crippen LogP contribution >= 0.6 is 0 Å². The average Bonchev–Trinajstić information content (AvgIpc) is 2.99. The maximum atomic E-state index is 12.9. The summed E-state index contributed by atoms with van der Waals surface area (Å²) in [7, 11) is 0. The minimum Gasteiger partial charge on any atom is -0.481 e. The molecule has 2 heterocycles. The van der Waals surface area contributed by atoms with E-state index < -0.39 is 5.97 Å². The van der Waals surface area contributed by atoms with Gasteiger partial charge in [-0.1, -0.05) is 0 Å². The van der Waals surface area contributed by atoms with Crippen molar-refractivity contribution in [1.82, 2.24) is 4.90 Å². The Morgan fingerprint density at radius 1 is 0.917 bits per heavy atom. The van der Waals surface area contributed by atoms with Crippen molar-refractivity contribution in [2.45, 2.75) is 44.6 Å². The largest absolute Gasteiger partial charge is 0.481 e. The highest BCUT2D eigenvalue weighted by Gasteiger charge is 2.68. The van der Waals surface area contributed by atoms with Gasteiger partial charge in [0.1, 0.15) is 0 Å². The summed E-state index contributed by atoms with van der Waals surface area (Å²) in [5.74, 6) is 3.07. The zero-order valence-electron chi connectivity index (χ0n) is 14.1. The van der Waals surface area contributed by atoms with Gasteiger partial charge in [0.2, 0.25) is 5.91 Å². The van der Waals surface area contributed by atoms with Crippen LogP contribution in [0.5, 0.6) is 0 Å². The van der Waals surface area contributed by atoms with E-state index in [1.54, 1.807) is 0 Å². The van der Waals surface area contributed by atoms with Crippen molar-refractivity contribution in [3.05, 3.63) is 0 Å². The van der Waals surface area contributed by atoms with E-state index in [0.717, 1.165) is 37.8 Å². The molecule has 1 amide bonds. The summed E-state index contributed by atoms with van der Waals surface area (Å²) < 4.78 is 5.73. The van der Waals surface area contributed by atoms with Gasteiger partial charge in [0, 0.05) is 25.6 Å². The van der Waals surface area contributed by atoms with Crippen molar-refractivity contribution >= 4 is 11.9 Å². The van der Waals surface area contributed by atoms with Crippen LogP contribution < -0.4 is 0 Å². The molecule has 5 nitrogen and oxygen atoms in total. The van der Waals surface area contributed by atoms with Crippen LogP contribution in [0.15, 0.2) is 0 Å². The van der Waals surface area contributed by atoms with E-state index >= 15 is 0 Å². The number of carbonyl (C=O) groups is 2. The van der Waals surface area contributed by atoms with Gasteiger partial charge in [0.15, 0.2) is 0 Å². The number of carboxylic acid groups (broad SMARTS) is 1. The summed E-state index contributed by atoms with van der Waals surface area (Å²) in [6.07, 6.45) is 6.38. The van der Waals surface area contributed by atoms with Crippen LogP contribution in [0.4, 0.5) is 0 Å². The van der Waals surface area contributed by atoms with Crippen molar-refractivity contribution in [2.24, 2.45) is 41.4 Å². The topological polar surface area (TPSA) is 66.8 Å². The molecule has 2 saturated heterocycles. The molecule has 5 rings (SSSR count). The van der Waals surface area contributed by atoms with Gasteiger partial charge >= 0.3 is 5.97 Å². The number of hydrogen-bond acceptors (Lipinski definition) is 3. The number of piperidine rings is 1. The summed E-state index contributed by atoms with van der Waals surface area (Å²) >= 11 is 0. The molecule has 1 N–H and O–H groups in total. The summed E-state index contributed by atoms with van der Waals surface area (Å²) in [6.45, 7) is 2.15. The van der Waals surface area contributed by atoms with Gasteiger partial charge in [-0.15, -0.1) is 0 Å². The quantitative estimate of drug-likeness (QED) is 0.858. The number of rotatable bonds is 3. The molecule has 5 fully saturated rings. The molecule has 2 bridgehead atoms. The van der Waals surface area contributed by atoms with Crippen molar-refractivity contribution in [2.75, 3.05) is 19.7 Å². The predicted octanol–water partition coefficient (Wildman–Crippen LogP) is 2.01. The number of carbonyl (C=O) groups excluding carboxylic acids is 1. The smallest absolute Gasteiger partial charge is 0.309 e. The van der Waals surface area contributed by atoms with E-state index in [1.165, 1.54) is 19.3 Å². The molecule has 0 aromatic heterocycles. The van der Waals surface area contributed by atoms with Crippen LogP contribution in [0, 0.1) is 41.4 Å². The molecule has 5 aliphatic rings. The Hall–Kier alpha value is -1.10. The van der Waals surface area contributed by atoms with Gasteiger partial charge in [-0.05, 0) is 68.1 Å². The van der Waals surface area contributed by atoms with Gasteiger partial charge in [-0.2, -0.15) is 0 Å². The normalized spacial score (nSPS) is 47.0. The molecule has 5 unspecified atom stereocenters. The van der Waals surface area contributed by atoms with E-state index in [2.05, 4.69) is 4.90 Å². The van der Waals surface area contributed by atoms with E-state index in [0.29, 0.717) is 42.6 Å². The lowest BCUT2D eigenvalue weighted by Crippen LogP contribution is -2.44. The Labute approximate surface area is 142 Å². The number of aliphatic carboxylic acids is 1. The van der Waals surface area contributed by atoms with E-state index in [4.69, 9.17) is 4.74 Å². The predicted molar refractivity (Wildman–Crippen MR) is 86.1 cm³/mol. The van der Waals surface area contributed by atoms with Gasteiger partial charge in [-0.3, -0.25) is 9.59 Å². The van der Waals surface area contributed by atoms with Gasteiger partial charge in [0.25, 0.3) is 0 Å². The van der Waals surface area contributed by atoms with Crippen molar-refractivity contribution in [1.29, 1.82) is 0 Å². The number of ether oxygens (including phenoxy) is 1. The highest BCUT2D eigenvalue weighted by Crippen LogP contribution is 2.69. The number of nitrogens with zero attached hydrogens (tertiary/aromatic N) is 1. The third-order valence-corrected chi connectivity index (χ3v) is 7.79. The Kier molecular flexibility index (Phi) is 3.45. The second kappa shape index (κ2) is 5.45. The third-order valence-electron chi connectivity index (χ3n) is 7.79. The SMILES string of the molecule is O=C(O)C1CCO[C@H]1C1CCN(C(=O)C2C3C4CCC(C4)C23)CC1. The molecule has 2 aliphatic heterocycles. The molecule has 0 aromatic rings. The first-order valence-corrected chi connectivity index (χ1v) is 9.78. The molecule has 24 heavy (non-hydrogen) atoms. The van der Waals surface area contributed by atoms with Gasteiger partial charge in [0.05, 0.1) is 12.0 Å². The maximum Gasteiger partial charge on any atom is 0.309 e. The third kappa shape index (κ3) is 2.16. The van der Waals surface area contributed by atoms with Crippen LogP contribution in [0.3, 0.4) is 0 Å². The molecule has 3 saturated carbocycles. The van der Waals surface area contributed by atoms with Gasteiger partial charge in [-0.25, -0.2) is 0 Å². The van der Waals surface area contributed by atoms with Crippen LogP contribution in [0.2, 0.25) is 0 Å². The summed E-state index contributed by atoms with van der Waals surface area (Å²) in [4.78, 5) is 26.3. The molecule has 3 aliphatic carbocycles. The maximum absolute atomic E-state index is 12.9. The fraction of sp³-hybridized carbons (Fsp3) is 0.895. The van der Waals surface area contributed by atoms with Crippen LogP contribution in [-0.2, 0) is 14.3 Å². The number of amides is 1. The summed E-state index contributed by atoms with van der Waals surface area (Å²) in [6, 6.07) is 0. The number of fused-ring (bicyclic) bond motifs is 5. The zero-order chi connectivity index (χ0) is 16.4. The minimum atomic E-state index is -0.725. The first-order chi connectivity index (χ1) is 11.6. The molecule has 0 aromatic carbocycles. The van der Waals surface area contributed by atoms with Crippen LogP contribution in [0.25, 0.3) is 0 Å². The Morgan fingerprint density at radius 2 is 1.58 bits per heavy atom. The van der Waals surface area contributed by atoms with Gasteiger partial charge < -0.3 is 14.7 Å². The highest BCUT2D eigenvalue weighted by atomic mass is 16.5. The van der Waals surface area contributed by atoms with E-state index in [9.17, 15) is 14.7 Å². The molecular formula is C19H27NO4. The lowest BCUT2D eigenvalue weighted by atomic mass is 9.84. The number of carboxylic acids is 1. The van der Waals surface area contributed by atoms with Crippen molar-refractivity contribution in [3.8, 4) is 0 Å². The molecule has 0 radical (unpaired) electrons. The standard InChI is InChI=1S/C19H27NO4/c21-18(16-14-11-1-2-12(9-11)15(14)16)20-6-3-10(4-7-20)17-13(19(22)23)5-8-24-17/h10-17H,1-9H2,(H,22,23)/t11?,12?,13?,14?,15?,16?,17-/m0/s1. The van der Waals surface area contributed by atoms with Crippen molar-refractivity contribution in [3.63, 3.8) is 0 Å². The zero-order valence-corrected chi connectivity index (χ0v) is 14.1. The number of likely N-dealkylation sites (tertiary alicyclic amines) is 1. The molecule has 132 valence electrons. The van der Waals surface area contributed by atoms with Crippen LogP contribution in [0.1, 0.15) is 38.5 Å². The first-order valence-electron chi connectivity index (χ1n) is 9.78. The molecule has 6 atom stereocenters. The second-order valence-corrected chi connectivity index (χ2v) is 8.75. The Morgan fingerprint density at radius 3 is 2.21 bits per heavy atom. The Balaban J connectivity index is 1.18.